The van der Waals surface area contributed by atoms with Crippen molar-refractivity contribution in [3.05, 3.63) is 35.4 Å². The van der Waals surface area contributed by atoms with Crippen molar-refractivity contribution in [3.63, 3.8) is 0 Å². The summed E-state index contributed by atoms with van der Waals surface area (Å²) < 4.78 is 0. The molecule has 1 aliphatic rings. The van der Waals surface area contributed by atoms with Gasteiger partial charge in [-0.05, 0) is 30.5 Å². The first kappa shape index (κ1) is 13.1. The van der Waals surface area contributed by atoms with E-state index in [-0.39, 0.29) is 11.9 Å². The number of hydrogen-bond acceptors (Lipinski definition) is 3. The van der Waals surface area contributed by atoms with Gasteiger partial charge in [0.25, 0.3) is 0 Å². The van der Waals surface area contributed by atoms with Gasteiger partial charge in [0.2, 0.25) is 5.91 Å². The van der Waals surface area contributed by atoms with Crippen LogP contribution in [-0.4, -0.2) is 23.4 Å². The first-order chi connectivity index (χ1) is 8.72. The molecular formula is C14H21N3O. The van der Waals surface area contributed by atoms with E-state index in [0.717, 1.165) is 37.9 Å². The van der Waals surface area contributed by atoms with Crippen LogP contribution in [0.15, 0.2) is 24.3 Å². The minimum atomic E-state index is -0.208. The zero-order valence-corrected chi connectivity index (χ0v) is 10.6. The van der Waals surface area contributed by atoms with E-state index in [4.69, 9.17) is 11.5 Å². The molecule has 0 bridgehead atoms. The highest BCUT2D eigenvalue weighted by Crippen LogP contribution is 2.20. The van der Waals surface area contributed by atoms with Crippen LogP contribution in [0.1, 0.15) is 30.4 Å². The summed E-state index contributed by atoms with van der Waals surface area (Å²) >= 11 is 0. The summed E-state index contributed by atoms with van der Waals surface area (Å²) in [7, 11) is 0. The van der Waals surface area contributed by atoms with Crippen molar-refractivity contribution in [1.82, 2.24) is 4.90 Å². The molecule has 1 saturated heterocycles. The van der Waals surface area contributed by atoms with Crippen LogP contribution in [0.25, 0.3) is 0 Å². The van der Waals surface area contributed by atoms with E-state index < -0.39 is 0 Å². The monoisotopic (exact) mass is 247 g/mol. The third-order valence-corrected chi connectivity index (χ3v) is 3.65. The van der Waals surface area contributed by atoms with Gasteiger partial charge >= 0.3 is 0 Å². The zero-order valence-electron chi connectivity index (χ0n) is 10.6. The van der Waals surface area contributed by atoms with Crippen molar-refractivity contribution in [2.24, 2.45) is 11.5 Å². The second kappa shape index (κ2) is 5.98. The van der Waals surface area contributed by atoms with Gasteiger partial charge in [-0.3, -0.25) is 9.69 Å². The molecule has 1 atom stereocenters. The predicted octanol–water partition coefficient (Wildman–Crippen LogP) is 0.985. The Balaban J connectivity index is 2.13. The summed E-state index contributed by atoms with van der Waals surface area (Å²) in [5.41, 5.74) is 13.6. The van der Waals surface area contributed by atoms with E-state index in [1.54, 1.807) is 0 Å². The largest absolute Gasteiger partial charge is 0.368 e. The molecule has 0 saturated carbocycles. The number of benzene rings is 1. The fraction of sp³-hybridized carbons (Fsp3) is 0.500. The number of rotatable bonds is 4. The molecule has 2 rings (SSSR count). The maximum Gasteiger partial charge on any atom is 0.234 e. The predicted molar refractivity (Wildman–Crippen MR) is 71.6 cm³/mol. The summed E-state index contributed by atoms with van der Waals surface area (Å²) in [6.45, 7) is 2.23. The van der Waals surface area contributed by atoms with Gasteiger partial charge in [-0.1, -0.05) is 30.7 Å². The average molecular weight is 247 g/mol. The highest BCUT2D eigenvalue weighted by molar-refractivity contribution is 5.79. The molecule has 1 fully saturated rings. The lowest BCUT2D eigenvalue weighted by Gasteiger charge is -2.34. The minimum Gasteiger partial charge on any atom is -0.368 e. The maximum atomic E-state index is 11.5. The number of likely N-dealkylation sites (tertiary alicyclic amines) is 1. The van der Waals surface area contributed by atoms with Crippen molar-refractivity contribution < 1.29 is 4.79 Å². The van der Waals surface area contributed by atoms with Crippen LogP contribution in [0.2, 0.25) is 0 Å². The Morgan fingerprint density at radius 2 is 2.00 bits per heavy atom. The van der Waals surface area contributed by atoms with Crippen molar-refractivity contribution >= 4 is 5.91 Å². The fourth-order valence-corrected chi connectivity index (χ4v) is 2.63. The Labute approximate surface area is 108 Å². The number of nitrogens with two attached hydrogens (primary N) is 2. The SMILES string of the molecule is NCc1ccccc1CN1CCCCC1C(N)=O. The van der Waals surface area contributed by atoms with Crippen LogP contribution in [0.3, 0.4) is 0 Å². The van der Waals surface area contributed by atoms with Gasteiger partial charge in [0.1, 0.15) is 0 Å². The molecule has 1 aliphatic heterocycles. The van der Waals surface area contributed by atoms with Gasteiger partial charge in [-0.15, -0.1) is 0 Å². The molecule has 4 heteroatoms. The molecule has 1 heterocycles. The number of primary amides is 1. The highest BCUT2D eigenvalue weighted by atomic mass is 16.1. The van der Waals surface area contributed by atoms with E-state index in [2.05, 4.69) is 11.0 Å². The van der Waals surface area contributed by atoms with Crippen LogP contribution >= 0.6 is 0 Å². The molecule has 0 spiro atoms. The molecule has 1 aromatic rings. The van der Waals surface area contributed by atoms with E-state index >= 15 is 0 Å². The van der Waals surface area contributed by atoms with Crippen molar-refractivity contribution in [2.75, 3.05) is 6.54 Å². The number of carbonyl (C=O) groups is 1. The highest BCUT2D eigenvalue weighted by Gasteiger charge is 2.26. The van der Waals surface area contributed by atoms with Crippen LogP contribution in [0, 0.1) is 0 Å². The third-order valence-electron chi connectivity index (χ3n) is 3.65. The number of nitrogens with zero attached hydrogens (tertiary/aromatic N) is 1. The van der Waals surface area contributed by atoms with E-state index in [9.17, 15) is 4.79 Å². The second-order valence-corrected chi connectivity index (χ2v) is 4.86. The number of hydrogen-bond donors (Lipinski definition) is 2. The molecule has 4 nitrogen and oxygen atoms in total. The lowest BCUT2D eigenvalue weighted by Crippen LogP contribution is -2.47. The molecule has 0 aliphatic carbocycles. The van der Waals surface area contributed by atoms with E-state index in [1.165, 1.54) is 5.56 Å². The Morgan fingerprint density at radius 3 is 2.67 bits per heavy atom. The smallest absolute Gasteiger partial charge is 0.234 e. The molecule has 0 aromatic heterocycles. The zero-order chi connectivity index (χ0) is 13.0. The van der Waals surface area contributed by atoms with E-state index in [0.29, 0.717) is 6.54 Å². The van der Waals surface area contributed by atoms with Gasteiger partial charge in [0.05, 0.1) is 6.04 Å². The molecule has 1 amide bonds. The quantitative estimate of drug-likeness (QED) is 0.833. The minimum absolute atomic E-state index is 0.121. The number of carbonyl (C=O) groups excluding carboxylic acids is 1. The number of piperidine rings is 1. The van der Waals surface area contributed by atoms with Crippen LogP contribution in [-0.2, 0) is 17.9 Å². The molecule has 1 aromatic carbocycles. The summed E-state index contributed by atoms with van der Waals surface area (Å²) in [5, 5.41) is 0. The van der Waals surface area contributed by atoms with Gasteiger partial charge in [0.15, 0.2) is 0 Å². The van der Waals surface area contributed by atoms with Crippen molar-refractivity contribution in [2.45, 2.75) is 38.4 Å². The first-order valence-corrected chi connectivity index (χ1v) is 6.52. The van der Waals surface area contributed by atoms with Crippen LogP contribution < -0.4 is 11.5 Å². The number of amides is 1. The van der Waals surface area contributed by atoms with Crippen molar-refractivity contribution in [1.29, 1.82) is 0 Å². The lowest BCUT2D eigenvalue weighted by atomic mass is 9.99. The molecular weight excluding hydrogens is 226 g/mol. The van der Waals surface area contributed by atoms with Gasteiger partial charge in [0, 0.05) is 13.1 Å². The normalized spacial score (nSPS) is 20.8. The van der Waals surface area contributed by atoms with Crippen molar-refractivity contribution in [3.8, 4) is 0 Å². The molecule has 98 valence electrons. The topological polar surface area (TPSA) is 72.3 Å². The molecule has 1 unspecified atom stereocenters. The standard InChI is InChI=1S/C14H21N3O/c15-9-11-5-1-2-6-12(11)10-17-8-4-3-7-13(17)14(16)18/h1-2,5-6,13H,3-4,7-10,15H2,(H2,16,18). The second-order valence-electron chi connectivity index (χ2n) is 4.86. The first-order valence-electron chi connectivity index (χ1n) is 6.52. The average Bonchev–Trinajstić information content (AvgIpc) is 2.40. The van der Waals surface area contributed by atoms with Gasteiger partial charge in [-0.25, -0.2) is 0 Å². The van der Waals surface area contributed by atoms with Crippen LogP contribution in [0.5, 0.6) is 0 Å². The maximum absolute atomic E-state index is 11.5. The summed E-state index contributed by atoms with van der Waals surface area (Å²) in [6.07, 6.45) is 3.09. The summed E-state index contributed by atoms with van der Waals surface area (Å²) in [4.78, 5) is 13.6. The van der Waals surface area contributed by atoms with E-state index in [1.807, 2.05) is 18.2 Å². The van der Waals surface area contributed by atoms with Crippen LogP contribution in [0.4, 0.5) is 0 Å². The summed E-state index contributed by atoms with van der Waals surface area (Å²) in [5.74, 6) is -0.208. The lowest BCUT2D eigenvalue weighted by molar-refractivity contribution is -0.124. The Kier molecular flexibility index (Phi) is 4.33. The fourth-order valence-electron chi connectivity index (χ4n) is 2.63. The van der Waals surface area contributed by atoms with Gasteiger partial charge in [-0.2, -0.15) is 0 Å². The Hall–Kier alpha value is -1.39. The Morgan fingerprint density at radius 1 is 1.28 bits per heavy atom. The van der Waals surface area contributed by atoms with Gasteiger partial charge < -0.3 is 11.5 Å². The Bertz CT molecular complexity index is 419. The third kappa shape index (κ3) is 2.89. The summed E-state index contributed by atoms with van der Waals surface area (Å²) in [6, 6.07) is 8.00. The molecule has 0 radical (unpaired) electrons. The molecule has 18 heavy (non-hydrogen) atoms. The molecule has 4 N–H and O–H groups in total.